The van der Waals surface area contributed by atoms with E-state index in [-0.39, 0.29) is 12.1 Å². The predicted octanol–water partition coefficient (Wildman–Crippen LogP) is 1.86. The fraction of sp³-hybridized carbons (Fsp3) is 1.00. The summed E-state index contributed by atoms with van der Waals surface area (Å²) >= 11 is 0. The van der Waals surface area contributed by atoms with Crippen molar-refractivity contribution >= 4 is 0 Å². The maximum atomic E-state index is 9.49. The summed E-state index contributed by atoms with van der Waals surface area (Å²) in [5.74, 6) is 0.941. The van der Waals surface area contributed by atoms with Crippen molar-refractivity contribution < 1.29 is 5.11 Å². The molecule has 0 spiro atoms. The van der Waals surface area contributed by atoms with E-state index in [4.69, 9.17) is 0 Å². The fourth-order valence-corrected chi connectivity index (χ4v) is 2.92. The van der Waals surface area contributed by atoms with Gasteiger partial charge < -0.3 is 15.3 Å². The molecule has 0 aromatic carbocycles. The van der Waals surface area contributed by atoms with Crippen molar-refractivity contribution in [2.45, 2.75) is 52.0 Å². The van der Waals surface area contributed by atoms with Gasteiger partial charge in [0.2, 0.25) is 0 Å². The molecule has 1 unspecified atom stereocenters. The minimum absolute atomic E-state index is 0.133. The zero-order valence-corrected chi connectivity index (χ0v) is 11.8. The van der Waals surface area contributed by atoms with Gasteiger partial charge in [0.05, 0.1) is 12.1 Å². The number of nitrogens with zero attached hydrogens (tertiary/aromatic N) is 1. The Labute approximate surface area is 107 Å². The molecule has 1 fully saturated rings. The monoisotopic (exact) mass is 242 g/mol. The van der Waals surface area contributed by atoms with Crippen LogP contribution in [0, 0.1) is 5.92 Å². The molecule has 0 radical (unpaired) electrons. The first-order chi connectivity index (χ1) is 8.13. The van der Waals surface area contributed by atoms with Crippen molar-refractivity contribution in [2.24, 2.45) is 5.92 Å². The van der Waals surface area contributed by atoms with Crippen LogP contribution in [0.1, 0.15) is 46.5 Å². The molecule has 102 valence electrons. The standard InChI is InChI=1S/C14H30N2O/c1-4-6-13-7-9-16(10-8-13)11-14(3,12-17)15-5-2/h13,15,17H,4-12H2,1-3H3. The van der Waals surface area contributed by atoms with Crippen LogP contribution in [-0.4, -0.2) is 48.3 Å². The number of likely N-dealkylation sites (tertiary alicyclic amines) is 1. The quantitative estimate of drug-likeness (QED) is 0.715. The van der Waals surface area contributed by atoms with Gasteiger partial charge in [0.15, 0.2) is 0 Å². The molecular weight excluding hydrogens is 212 g/mol. The van der Waals surface area contributed by atoms with Gasteiger partial charge in [0, 0.05) is 6.54 Å². The Morgan fingerprint density at radius 2 is 1.94 bits per heavy atom. The number of nitrogens with one attached hydrogen (secondary N) is 1. The minimum Gasteiger partial charge on any atom is -0.394 e. The zero-order valence-electron chi connectivity index (χ0n) is 11.8. The highest BCUT2D eigenvalue weighted by Crippen LogP contribution is 2.22. The van der Waals surface area contributed by atoms with Gasteiger partial charge in [-0.25, -0.2) is 0 Å². The molecule has 1 rings (SSSR count). The number of hydrogen-bond acceptors (Lipinski definition) is 3. The lowest BCUT2D eigenvalue weighted by Gasteiger charge is -2.38. The van der Waals surface area contributed by atoms with E-state index in [1.807, 2.05) is 0 Å². The summed E-state index contributed by atoms with van der Waals surface area (Å²) in [4.78, 5) is 2.50. The molecule has 1 aliphatic heterocycles. The topological polar surface area (TPSA) is 35.5 Å². The van der Waals surface area contributed by atoms with Crippen molar-refractivity contribution in [1.82, 2.24) is 10.2 Å². The molecule has 0 aromatic rings. The first kappa shape index (κ1) is 14.9. The summed E-state index contributed by atoms with van der Waals surface area (Å²) in [6.45, 7) is 11.0. The van der Waals surface area contributed by atoms with Crippen molar-refractivity contribution in [3.05, 3.63) is 0 Å². The van der Waals surface area contributed by atoms with Crippen LogP contribution in [0.3, 0.4) is 0 Å². The summed E-state index contributed by atoms with van der Waals surface area (Å²) in [6, 6.07) is 0. The van der Waals surface area contributed by atoms with Crippen molar-refractivity contribution in [1.29, 1.82) is 0 Å². The van der Waals surface area contributed by atoms with E-state index < -0.39 is 0 Å². The maximum Gasteiger partial charge on any atom is 0.0623 e. The Morgan fingerprint density at radius 1 is 1.29 bits per heavy atom. The van der Waals surface area contributed by atoms with Gasteiger partial charge in [-0.3, -0.25) is 0 Å². The van der Waals surface area contributed by atoms with E-state index >= 15 is 0 Å². The van der Waals surface area contributed by atoms with E-state index in [0.717, 1.165) is 19.0 Å². The van der Waals surface area contributed by atoms with Crippen LogP contribution in [0.25, 0.3) is 0 Å². The van der Waals surface area contributed by atoms with Crippen LogP contribution in [0.4, 0.5) is 0 Å². The normalized spacial score (nSPS) is 22.6. The largest absolute Gasteiger partial charge is 0.394 e. The maximum absolute atomic E-state index is 9.49. The van der Waals surface area contributed by atoms with Gasteiger partial charge in [-0.15, -0.1) is 0 Å². The van der Waals surface area contributed by atoms with Gasteiger partial charge in [0.25, 0.3) is 0 Å². The van der Waals surface area contributed by atoms with Crippen molar-refractivity contribution in [2.75, 3.05) is 32.8 Å². The molecule has 17 heavy (non-hydrogen) atoms. The Balaban J connectivity index is 2.33. The number of aliphatic hydroxyl groups excluding tert-OH is 1. The van der Waals surface area contributed by atoms with Gasteiger partial charge in [-0.2, -0.15) is 0 Å². The molecule has 3 heteroatoms. The molecule has 0 aromatic heterocycles. The highest BCUT2D eigenvalue weighted by atomic mass is 16.3. The molecule has 0 amide bonds. The lowest BCUT2D eigenvalue weighted by molar-refractivity contribution is 0.0959. The summed E-state index contributed by atoms with van der Waals surface area (Å²) in [6.07, 6.45) is 5.37. The number of aliphatic hydroxyl groups is 1. The first-order valence-corrected chi connectivity index (χ1v) is 7.21. The van der Waals surface area contributed by atoms with E-state index in [1.54, 1.807) is 0 Å². The number of hydrogen-bond donors (Lipinski definition) is 2. The SMILES string of the molecule is CCCC1CCN(CC(C)(CO)NCC)CC1. The van der Waals surface area contributed by atoms with Crippen LogP contribution in [0.5, 0.6) is 0 Å². The molecule has 0 bridgehead atoms. The average molecular weight is 242 g/mol. The smallest absolute Gasteiger partial charge is 0.0623 e. The van der Waals surface area contributed by atoms with Crippen LogP contribution >= 0.6 is 0 Å². The Hall–Kier alpha value is -0.120. The molecule has 3 nitrogen and oxygen atoms in total. The van der Waals surface area contributed by atoms with E-state index in [2.05, 4.69) is 31.0 Å². The molecule has 2 N–H and O–H groups in total. The van der Waals surface area contributed by atoms with Gasteiger partial charge in [0.1, 0.15) is 0 Å². The second-order valence-corrected chi connectivity index (χ2v) is 5.76. The number of piperidine rings is 1. The van der Waals surface area contributed by atoms with Gasteiger partial charge in [-0.1, -0.05) is 26.7 Å². The Bertz CT molecular complexity index is 202. The Morgan fingerprint density at radius 3 is 2.41 bits per heavy atom. The fourth-order valence-electron chi connectivity index (χ4n) is 2.92. The van der Waals surface area contributed by atoms with Crippen LogP contribution in [-0.2, 0) is 0 Å². The summed E-state index contributed by atoms with van der Waals surface area (Å²) < 4.78 is 0. The lowest BCUT2D eigenvalue weighted by atomic mass is 9.91. The van der Waals surface area contributed by atoms with Crippen LogP contribution in [0.15, 0.2) is 0 Å². The van der Waals surface area contributed by atoms with E-state index in [9.17, 15) is 5.11 Å². The molecule has 0 aliphatic carbocycles. The number of rotatable bonds is 7. The van der Waals surface area contributed by atoms with Gasteiger partial charge >= 0.3 is 0 Å². The first-order valence-electron chi connectivity index (χ1n) is 7.21. The van der Waals surface area contributed by atoms with E-state index in [0.29, 0.717) is 0 Å². The summed E-state index contributed by atoms with van der Waals surface area (Å²) in [5.41, 5.74) is -0.133. The second kappa shape index (κ2) is 7.34. The van der Waals surface area contributed by atoms with Crippen LogP contribution < -0.4 is 5.32 Å². The average Bonchev–Trinajstić information content (AvgIpc) is 2.32. The third kappa shape index (κ3) is 4.94. The van der Waals surface area contributed by atoms with Crippen molar-refractivity contribution in [3.63, 3.8) is 0 Å². The zero-order chi connectivity index (χ0) is 12.7. The summed E-state index contributed by atoms with van der Waals surface area (Å²) in [5, 5.41) is 12.9. The van der Waals surface area contributed by atoms with Crippen LogP contribution in [0.2, 0.25) is 0 Å². The summed E-state index contributed by atoms with van der Waals surface area (Å²) in [7, 11) is 0. The lowest BCUT2D eigenvalue weighted by Crippen LogP contribution is -2.55. The molecule has 0 saturated carbocycles. The molecule has 1 atom stereocenters. The highest BCUT2D eigenvalue weighted by molar-refractivity contribution is 4.87. The molecule has 1 saturated heterocycles. The highest BCUT2D eigenvalue weighted by Gasteiger charge is 2.27. The Kier molecular flexibility index (Phi) is 6.45. The third-order valence-electron chi connectivity index (χ3n) is 3.93. The third-order valence-corrected chi connectivity index (χ3v) is 3.93. The van der Waals surface area contributed by atoms with E-state index in [1.165, 1.54) is 38.8 Å². The number of likely N-dealkylation sites (N-methyl/N-ethyl adjacent to an activating group) is 1. The molecule has 1 heterocycles. The minimum atomic E-state index is -0.133. The molecular formula is C14H30N2O. The van der Waals surface area contributed by atoms with Gasteiger partial charge in [-0.05, 0) is 45.3 Å². The second-order valence-electron chi connectivity index (χ2n) is 5.76. The van der Waals surface area contributed by atoms with Crippen molar-refractivity contribution in [3.8, 4) is 0 Å². The molecule has 1 aliphatic rings. The predicted molar refractivity (Wildman–Crippen MR) is 73.2 cm³/mol.